The number of rotatable bonds is 3. The highest BCUT2D eigenvalue weighted by Crippen LogP contribution is 2.30. The number of thiazole rings is 1. The number of aromatic nitrogens is 5. The van der Waals surface area contributed by atoms with Crippen LogP contribution in [0.2, 0.25) is 5.15 Å². The summed E-state index contributed by atoms with van der Waals surface area (Å²) in [6, 6.07) is 0. The maximum Gasteiger partial charge on any atom is 0.312 e. The van der Waals surface area contributed by atoms with Crippen LogP contribution in [0.1, 0.15) is 20.8 Å². The molecular weight excluding hydrogens is 465 g/mol. The summed E-state index contributed by atoms with van der Waals surface area (Å²) in [5.74, 6) is 0.280. The molecule has 0 radical (unpaired) electrons. The molecule has 0 bridgehead atoms. The van der Waals surface area contributed by atoms with Crippen LogP contribution in [-0.2, 0) is 16.3 Å². The number of hydrogen-bond donors (Lipinski definition) is 0. The number of esters is 1. The lowest BCUT2D eigenvalue weighted by Gasteiger charge is -2.17. The van der Waals surface area contributed by atoms with Crippen LogP contribution in [0.3, 0.4) is 0 Å². The van der Waals surface area contributed by atoms with E-state index >= 15 is 0 Å². The Labute approximate surface area is 160 Å². The van der Waals surface area contributed by atoms with E-state index in [1.807, 2.05) is 22.6 Å². The molecule has 3 heterocycles. The van der Waals surface area contributed by atoms with Gasteiger partial charge in [0.2, 0.25) is 0 Å². The Bertz CT molecular complexity index is 904. The predicted octanol–water partition coefficient (Wildman–Crippen LogP) is 3.75. The minimum Gasteiger partial charge on any atom is -0.443 e. The van der Waals surface area contributed by atoms with Gasteiger partial charge in [0.05, 0.1) is 15.8 Å². The number of hydrogen-bond acceptors (Lipinski definition) is 7. The molecule has 0 aliphatic carbocycles. The first-order valence-electron chi connectivity index (χ1n) is 6.92. The van der Waals surface area contributed by atoms with E-state index in [0.717, 1.165) is 4.88 Å². The quantitative estimate of drug-likeness (QED) is 0.247. The summed E-state index contributed by atoms with van der Waals surface area (Å²) >= 11 is 9.60. The molecule has 0 saturated carbocycles. The fraction of sp³-hybridized carbons (Fsp3) is 0.357. The lowest BCUT2D eigenvalue weighted by Crippen LogP contribution is -2.24. The van der Waals surface area contributed by atoms with E-state index in [1.165, 1.54) is 11.3 Å². The summed E-state index contributed by atoms with van der Waals surface area (Å²) < 4.78 is 7.64. The van der Waals surface area contributed by atoms with Gasteiger partial charge >= 0.3 is 5.97 Å². The Balaban J connectivity index is 2.09. The van der Waals surface area contributed by atoms with Crippen LogP contribution in [0.25, 0.3) is 21.9 Å². The summed E-state index contributed by atoms with van der Waals surface area (Å²) in [5.41, 5.74) is 2.09. The molecule has 10 heteroatoms. The minimum atomic E-state index is -0.595. The second-order valence-corrected chi connectivity index (χ2v) is 8.20. The summed E-state index contributed by atoms with van der Waals surface area (Å²) in [6.07, 6.45) is 1.69. The number of carbonyl (C=O) groups is 1. The van der Waals surface area contributed by atoms with Gasteiger partial charge in [-0.2, -0.15) is 0 Å². The zero-order valence-corrected chi connectivity index (χ0v) is 16.8. The third-order valence-electron chi connectivity index (χ3n) is 3.11. The molecule has 0 spiro atoms. The molecule has 3 aromatic rings. The van der Waals surface area contributed by atoms with Crippen molar-refractivity contribution in [3.8, 4) is 10.7 Å². The fourth-order valence-corrected chi connectivity index (χ4v) is 3.36. The summed E-state index contributed by atoms with van der Waals surface area (Å²) in [4.78, 5) is 30.0. The number of ether oxygens (including phenoxy) is 1. The highest BCUT2D eigenvalue weighted by atomic mass is 127. The number of nitrogens with zero attached hydrogens (tertiary/aromatic N) is 5. The van der Waals surface area contributed by atoms with E-state index in [-0.39, 0.29) is 17.9 Å². The van der Waals surface area contributed by atoms with Gasteiger partial charge in [0.1, 0.15) is 5.52 Å². The van der Waals surface area contributed by atoms with Gasteiger partial charge in [0.25, 0.3) is 0 Å². The normalized spacial score (nSPS) is 11.9. The van der Waals surface area contributed by atoms with Crippen LogP contribution in [0.4, 0.5) is 0 Å². The summed E-state index contributed by atoms with van der Waals surface area (Å²) in [5, 5.41) is 0.260. The van der Waals surface area contributed by atoms with Crippen LogP contribution < -0.4 is 0 Å². The zero-order chi connectivity index (χ0) is 17.5. The van der Waals surface area contributed by atoms with Gasteiger partial charge in [-0.25, -0.2) is 15.0 Å². The molecule has 7 nitrogen and oxygen atoms in total. The number of fused-ring (bicyclic) bond motifs is 1. The smallest absolute Gasteiger partial charge is 0.312 e. The first-order chi connectivity index (χ1) is 11.3. The molecular formula is C14H13ClIN5O2S. The van der Waals surface area contributed by atoms with Gasteiger partial charge in [-0.1, -0.05) is 11.6 Å². The Morgan fingerprint density at radius 2 is 2.12 bits per heavy atom. The molecule has 24 heavy (non-hydrogen) atoms. The standard InChI is InChI=1S/C14H13ClIN5O2S/c1-14(2,3)12(22)23-6-21-10(7-4-17-5-24-7)18-8-9(15)19-13(16)20-11(8)21/h4-5H,6H2,1-3H3. The van der Waals surface area contributed by atoms with Crippen molar-refractivity contribution in [2.24, 2.45) is 5.41 Å². The Morgan fingerprint density at radius 3 is 2.75 bits per heavy atom. The molecule has 0 atom stereocenters. The molecule has 0 aromatic carbocycles. The van der Waals surface area contributed by atoms with Crippen LogP contribution in [0.15, 0.2) is 11.7 Å². The Hall–Kier alpha value is -1.33. The van der Waals surface area contributed by atoms with E-state index in [1.54, 1.807) is 37.0 Å². The third-order valence-corrected chi connectivity index (χ3v) is 4.63. The van der Waals surface area contributed by atoms with Crippen molar-refractivity contribution in [2.45, 2.75) is 27.5 Å². The van der Waals surface area contributed by atoms with Crippen molar-refractivity contribution in [3.63, 3.8) is 0 Å². The number of halogens is 2. The van der Waals surface area contributed by atoms with Crippen LogP contribution >= 0.6 is 45.5 Å². The van der Waals surface area contributed by atoms with E-state index in [4.69, 9.17) is 16.3 Å². The van der Waals surface area contributed by atoms with E-state index < -0.39 is 5.41 Å². The van der Waals surface area contributed by atoms with Crippen molar-refractivity contribution in [1.29, 1.82) is 0 Å². The lowest BCUT2D eigenvalue weighted by atomic mass is 9.98. The maximum absolute atomic E-state index is 12.1. The maximum atomic E-state index is 12.1. The average molecular weight is 478 g/mol. The molecule has 0 fully saturated rings. The van der Waals surface area contributed by atoms with E-state index in [0.29, 0.717) is 20.8 Å². The number of carbonyl (C=O) groups excluding carboxylic acids is 1. The molecule has 0 aliphatic heterocycles. The molecule has 3 rings (SSSR count). The zero-order valence-electron chi connectivity index (χ0n) is 13.1. The summed E-state index contributed by atoms with van der Waals surface area (Å²) in [7, 11) is 0. The van der Waals surface area contributed by atoms with E-state index in [2.05, 4.69) is 19.9 Å². The summed E-state index contributed by atoms with van der Waals surface area (Å²) in [6.45, 7) is 5.39. The van der Waals surface area contributed by atoms with Crippen molar-refractivity contribution in [2.75, 3.05) is 0 Å². The SMILES string of the molecule is CC(C)(C)C(=O)OCn1c(-c2cncs2)nc2c(Cl)nc(I)nc21. The largest absolute Gasteiger partial charge is 0.443 e. The van der Waals surface area contributed by atoms with Crippen molar-refractivity contribution in [3.05, 3.63) is 20.7 Å². The molecule has 0 N–H and O–H groups in total. The van der Waals surface area contributed by atoms with Crippen molar-refractivity contribution < 1.29 is 9.53 Å². The van der Waals surface area contributed by atoms with Gasteiger partial charge in [-0.3, -0.25) is 14.3 Å². The molecule has 3 aromatic heterocycles. The molecule has 0 saturated heterocycles. The molecule has 0 aliphatic rings. The van der Waals surface area contributed by atoms with Gasteiger partial charge in [-0.05, 0) is 20.8 Å². The van der Waals surface area contributed by atoms with E-state index in [9.17, 15) is 4.79 Å². The van der Waals surface area contributed by atoms with Crippen molar-refractivity contribution >= 4 is 62.7 Å². The molecule has 0 amide bonds. The van der Waals surface area contributed by atoms with Gasteiger partial charge in [0, 0.05) is 28.8 Å². The predicted molar refractivity (Wildman–Crippen MR) is 99.7 cm³/mol. The van der Waals surface area contributed by atoms with Crippen LogP contribution in [0.5, 0.6) is 0 Å². The Kier molecular flexibility index (Phi) is 4.76. The van der Waals surface area contributed by atoms with Gasteiger partial charge < -0.3 is 4.74 Å². The topological polar surface area (TPSA) is 82.8 Å². The monoisotopic (exact) mass is 477 g/mol. The number of imidazole rings is 1. The lowest BCUT2D eigenvalue weighted by molar-refractivity contribution is -0.156. The Morgan fingerprint density at radius 1 is 1.38 bits per heavy atom. The van der Waals surface area contributed by atoms with Crippen LogP contribution in [-0.4, -0.2) is 30.5 Å². The minimum absolute atomic E-state index is 0.0107. The molecule has 0 unspecified atom stereocenters. The van der Waals surface area contributed by atoms with Gasteiger partial charge in [-0.15, -0.1) is 11.3 Å². The second-order valence-electron chi connectivity index (χ2n) is 6.00. The first kappa shape index (κ1) is 17.5. The highest BCUT2D eigenvalue weighted by molar-refractivity contribution is 14.1. The van der Waals surface area contributed by atoms with Crippen molar-refractivity contribution in [1.82, 2.24) is 24.5 Å². The third kappa shape index (κ3) is 3.38. The molecule has 126 valence electrons. The first-order valence-corrected chi connectivity index (χ1v) is 9.26. The fourth-order valence-electron chi connectivity index (χ4n) is 1.92. The highest BCUT2D eigenvalue weighted by Gasteiger charge is 2.25. The second kappa shape index (κ2) is 6.52. The van der Waals surface area contributed by atoms with Crippen LogP contribution in [0, 0.1) is 9.25 Å². The van der Waals surface area contributed by atoms with Gasteiger partial charge in [0.15, 0.2) is 27.2 Å². The average Bonchev–Trinajstić information content (AvgIpc) is 3.10.